The number of carboxylic acid groups (broad SMARTS) is 1. The molecular formula is C11H14O3. The van der Waals surface area contributed by atoms with Crippen LogP contribution in [0.2, 0.25) is 0 Å². The van der Waals surface area contributed by atoms with Gasteiger partial charge in [0, 0.05) is 0 Å². The van der Waals surface area contributed by atoms with Crippen LogP contribution in [0.3, 0.4) is 0 Å². The molecular weight excluding hydrogens is 180 g/mol. The van der Waals surface area contributed by atoms with Gasteiger partial charge < -0.3 is 10.2 Å². The number of hydrogen-bond acceptors (Lipinski definition) is 2. The Morgan fingerprint density at radius 2 is 1.86 bits per heavy atom. The van der Waals surface area contributed by atoms with E-state index in [-0.39, 0.29) is 16.7 Å². The Balaban J connectivity index is 3.38. The summed E-state index contributed by atoms with van der Waals surface area (Å²) in [5, 5.41) is 18.2. The Morgan fingerprint density at radius 1 is 1.29 bits per heavy atom. The third-order valence-corrected chi connectivity index (χ3v) is 2.04. The number of phenolic OH excluding ortho intramolecular Hbond substituents is 1. The van der Waals surface area contributed by atoms with Gasteiger partial charge in [0.05, 0.1) is 5.56 Å². The summed E-state index contributed by atoms with van der Waals surface area (Å²) in [6.07, 6.45) is 0. The highest BCUT2D eigenvalue weighted by molar-refractivity contribution is 5.90. The van der Waals surface area contributed by atoms with E-state index in [1.54, 1.807) is 0 Å². The van der Waals surface area contributed by atoms with Crippen LogP contribution in [0.5, 0.6) is 5.75 Å². The minimum atomic E-state index is -0.963. The van der Waals surface area contributed by atoms with Crippen molar-refractivity contribution >= 4 is 5.97 Å². The van der Waals surface area contributed by atoms with Gasteiger partial charge in [-0.2, -0.15) is 0 Å². The number of rotatable bonds is 1. The minimum Gasteiger partial charge on any atom is -0.508 e. The lowest BCUT2D eigenvalue weighted by Gasteiger charge is -2.21. The van der Waals surface area contributed by atoms with Gasteiger partial charge in [0.25, 0.3) is 0 Å². The van der Waals surface area contributed by atoms with E-state index in [9.17, 15) is 9.90 Å². The highest BCUT2D eigenvalue weighted by Gasteiger charge is 2.21. The molecule has 76 valence electrons. The Bertz CT molecular complexity index is 361. The molecule has 0 heterocycles. The summed E-state index contributed by atoms with van der Waals surface area (Å²) >= 11 is 0. The van der Waals surface area contributed by atoms with E-state index < -0.39 is 5.97 Å². The van der Waals surface area contributed by atoms with Crippen LogP contribution in [-0.4, -0.2) is 16.2 Å². The number of phenols is 1. The Morgan fingerprint density at radius 3 is 2.29 bits per heavy atom. The third-order valence-electron chi connectivity index (χ3n) is 2.04. The average Bonchev–Trinajstić information content (AvgIpc) is 2.01. The van der Waals surface area contributed by atoms with Gasteiger partial charge in [-0.3, -0.25) is 0 Å². The molecule has 1 aromatic carbocycles. The molecule has 0 spiro atoms. The van der Waals surface area contributed by atoms with Crippen molar-refractivity contribution in [3.63, 3.8) is 0 Å². The Hall–Kier alpha value is -1.51. The van der Waals surface area contributed by atoms with Crippen LogP contribution in [0.4, 0.5) is 0 Å². The molecule has 0 aliphatic rings. The number of benzene rings is 1. The monoisotopic (exact) mass is 194 g/mol. The van der Waals surface area contributed by atoms with E-state index in [1.165, 1.54) is 18.2 Å². The van der Waals surface area contributed by atoms with Crippen LogP contribution >= 0.6 is 0 Å². The summed E-state index contributed by atoms with van der Waals surface area (Å²) in [6, 6.07) is 4.32. The second-order valence-electron chi connectivity index (χ2n) is 4.29. The van der Waals surface area contributed by atoms with Gasteiger partial charge in [0.1, 0.15) is 5.75 Å². The van der Waals surface area contributed by atoms with Gasteiger partial charge in [-0.1, -0.05) is 20.8 Å². The van der Waals surface area contributed by atoms with Gasteiger partial charge in [-0.05, 0) is 29.2 Å². The van der Waals surface area contributed by atoms with Crippen molar-refractivity contribution in [2.75, 3.05) is 0 Å². The summed E-state index contributed by atoms with van der Waals surface area (Å²) in [4.78, 5) is 10.9. The summed E-state index contributed by atoms with van der Waals surface area (Å²) < 4.78 is 0. The van der Waals surface area contributed by atoms with E-state index in [0.29, 0.717) is 5.56 Å². The predicted molar refractivity (Wildman–Crippen MR) is 53.8 cm³/mol. The summed E-state index contributed by atoms with van der Waals surface area (Å²) in [6.45, 7) is 5.73. The van der Waals surface area contributed by atoms with Crippen LogP contribution in [0, 0.1) is 0 Å². The van der Waals surface area contributed by atoms with Gasteiger partial charge in [-0.15, -0.1) is 0 Å². The van der Waals surface area contributed by atoms with Crippen molar-refractivity contribution in [1.29, 1.82) is 0 Å². The number of carboxylic acids is 1. The molecule has 0 aliphatic carbocycles. The molecule has 0 amide bonds. The molecule has 0 saturated heterocycles. The molecule has 1 aromatic rings. The van der Waals surface area contributed by atoms with Crippen LogP contribution < -0.4 is 0 Å². The number of aromatic hydroxyl groups is 1. The van der Waals surface area contributed by atoms with E-state index >= 15 is 0 Å². The molecule has 0 saturated carbocycles. The van der Waals surface area contributed by atoms with E-state index in [4.69, 9.17) is 5.11 Å². The molecule has 2 N–H and O–H groups in total. The lowest BCUT2D eigenvalue weighted by atomic mass is 9.83. The molecule has 14 heavy (non-hydrogen) atoms. The molecule has 0 radical (unpaired) electrons. The molecule has 0 bridgehead atoms. The van der Waals surface area contributed by atoms with Gasteiger partial charge in [0.15, 0.2) is 0 Å². The van der Waals surface area contributed by atoms with Crippen molar-refractivity contribution in [1.82, 2.24) is 0 Å². The zero-order chi connectivity index (χ0) is 10.9. The average molecular weight is 194 g/mol. The highest BCUT2D eigenvalue weighted by atomic mass is 16.4. The molecule has 1 rings (SSSR count). The maximum Gasteiger partial charge on any atom is 0.335 e. The summed E-state index contributed by atoms with van der Waals surface area (Å²) in [7, 11) is 0. The largest absolute Gasteiger partial charge is 0.508 e. The molecule has 3 heteroatoms. The molecule has 3 nitrogen and oxygen atoms in total. The van der Waals surface area contributed by atoms with Crippen molar-refractivity contribution in [3.05, 3.63) is 29.3 Å². The maximum atomic E-state index is 10.9. The van der Waals surface area contributed by atoms with Gasteiger partial charge in [-0.25, -0.2) is 4.79 Å². The Kier molecular flexibility index (Phi) is 2.51. The SMILES string of the molecule is CC(C)(C)c1cc(O)ccc1C(=O)O. The zero-order valence-corrected chi connectivity index (χ0v) is 8.53. The van der Waals surface area contributed by atoms with Crippen molar-refractivity contribution in [2.24, 2.45) is 0 Å². The predicted octanol–water partition coefficient (Wildman–Crippen LogP) is 2.39. The second kappa shape index (κ2) is 3.33. The van der Waals surface area contributed by atoms with E-state index in [2.05, 4.69) is 0 Å². The highest BCUT2D eigenvalue weighted by Crippen LogP contribution is 2.28. The quantitative estimate of drug-likeness (QED) is 0.721. The normalized spacial score (nSPS) is 11.4. The first kappa shape index (κ1) is 10.6. The maximum absolute atomic E-state index is 10.9. The van der Waals surface area contributed by atoms with Crippen LogP contribution in [-0.2, 0) is 5.41 Å². The fourth-order valence-electron chi connectivity index (χ4n) is 1.34. The van der Waals surface area contributed by atoms with E-state index in [0.717, 1.165) is 0 Å². The molecule has 0 unspecified atom stereocenters. The standard InChI is InChI=1S/C11H14O3/c1-11(2,3)9-6-7(12)4-5-8(9)10(13)14/h4-6,12H,1-3H3,(H,13,14). The molecule has 0 aromatic heterocycles. The lowest BCUT2D eigenvalue weighted by Crippen LogP contribution is -2.16. The van der Waals surface area contributed by atoms with Crippen molar-refractivity contribution in [3.8, 4) is 5.75 Å². The van der Waals surface area contributed by atoms with Crippen LogP contribution in [0.15, 0.2) is 18.2 Å². The molecule has 0 atom stereocenters. The lowest BCUT2D eigenvalue weighted by molar-refractivity contribution is 0.0694. The fourth-order valence-corrected chi connectivity index (χ4v) is 1.34. The summed E-state index contributed by atoms with van der Waals surface area (Å²) in [5.41, 5.74) is 0.604. The van der Waals surface area contributed by atoms with Crippen LogP contribution in [0.25, 0.3) is 0 Å². The fraction of sp³-hybridized carbons (Fsp3) is 0.364. The minimum absolute atomic E-state index is 0.0972. The zero-order valence-electron chi connectivity index (χ0n) is 8.53. The first-order chi connectivity index (χ1) is 6.32. The number of aromatic carboxylic acids is 1. The van der Waals surface area contributed by atoms with E-state index in [1.807, 2.05) is 20.8 Å². The van der Waals surface area contributed by atoms with Gasteiger partial charge in [0.2, 0.25) is 0 Å². The third kappa shape index (κ3) is 2.05. The second-order valence-corrected chi connectivity index (χ2v) is 4.29. The first-order valence-corrected chi connectivity index (χ1v) is 4.39. The van der Waals surface area contributed by atoms with Gasteiger partial charge >= 0.3 is 5.97 Å². The Labute approximate surface area is 83.0 Å². The smallest absolute Gasteiger partial charge is 0.335 e. The summed E-state index contributed by atoms with van der Waals surface area (Å²) in [5.74, 6) is -0.866. The molecule has 0 aliphatic heterocycles. The molecule has 0 fully saturated rings. The van der Waals surface area contributed by atoms with Crippen molar-refractivity contribution in [2.45, 2.75) is 26.2 Å². The number of carbonyl (C=O) groups is 1. The van der Waals surface area contributed by atoms with Crippen molar-refractivity contribution < 1.29 is 15.0 Å². The topological polar surface area (TPSA) is 57.5 Å². The van der Waals surface area contributed by atoms with Crippen LogP contribution in [0.1, 0.15) is 36.7 Å². The number of hydrogen-bond donors (Lipinski definition) is 2. The first-order valence-electron chi connectivity index (χ1n) is 4.39.